The fraction of sp³-hybridized carbons (Fsp3) is 0.491. The smallest absolute Gasteiger partial charge is 0.391 e. The average molecular weight is 1050 g/mol. The van der Waals surface area contributed by atoms with Crippen LogP contribution in [-0.2, 0) is 41.4 Å². The lowest BCUT2D eigenvalue weighted by atomic mass is 9.85. The third kappa shape index (κ3) is 12.9. The molecule has 0 unspecified atom stereocenters. The number of halogens is 3. The molecule has 3 saturated heterocycles. The van der Waals surface area contributed by atoms with Gasteiger partial charge in [-0.2, -0.15) is 18.4 Å². The molecule has 7 rings (SSSR count). The van der Waals surface area contributed by atoms with Gasteiger partial charge in [-0.05, 0) is 124 Å². The highest BCUT2D eigenvalue weighted by Crippen LogP contribution is 2.41. The van der Waals surface area contributed by atoms with Crippen molar-refractivity contribution in [3.8, 4) is 16.5 Å². The number of anilines is 2. The lowest BCUT2D eigenvalue weighted by molar-refractivity contribution is -0.144. The van der Waals surface area contributed by atoms with Gasteiger partial charge in [-0.25, -0.2) is 4.98 Å². The van der Waals surface area contributed by atoms with E-state index in [1.54, 1.807) is 41.7 Å². The van der Waals surface area contributed by atoms with Gasteiger partial charge in [0.25, 0.3) is 5.91 Å². The second kappa shape index (κ2) is 23.2. The molecule has 4 aromatic rings. The predicted molar refractivity (Wildman–Crippen MR) is 276 cm³/mol. The highest BCUT2D eigenvalue weighted by molar-refractivity contribution is 7.81. The molecule has 3 aliphatic rings. The molecule has 3 aromatic carbocycles. The topological polar surface area (TPSA) is 181 Å². The van der Waals surface area contributed by atoms with E-state index in [1.807, 2.05) is 76.2 Å². The second-order valence-corrected chi connectivity index (χ2v) is 21.5. The van der Waals surface area contributed by atoms with Crippen molar-refractivity contribution < 1.29 is 46.9 Å². The molecule has 390 valence electrons. The van der Waals surface area contributed by atoms with E-state index in [2.05, 4.69) is 20.5 Å². The van der Waals surface area contributed by atoms with Crippen molar-refractivity contribution in [3.63, 3.8) is 0 Å². The maximum atomic E-state index is 14.0. The molecule has 3 N–H and O–H groups in total. The number of carbonyl (C=O) groups excluding carboxylic acids is 4. The van der Waals surface area contributed by atoms with Crippen molar-refractivity contribution >= 4 is 63.7 Å². The van der Waals surface area contributed by atoms with Crippen LogP contribution in [0.4, 0.5) is 24.5 Å². The van der Waals surface area contributed by atoms with Crippen molar-refractivity contribution in [3.05, 3.63) is 100 Å². The maximum absolute atomic E-state index is 14.0. The molecule has 1 aromatic heterocycles. The summed E-state index contributed by atoms with van der Waals surface area (Å²) in [6.07, 6.45) is -3.17. The average Bonchev–Trinajstić information content (AvgIpc) is 4.02. The number of carbonyl (C=O) groups is 4. The summed E-state index contributed by atoms with van der Waals surface area (Å²) in [7, 11) is 0. The van der Waals surface area contributed by atoms with Gasteiger partial charge in [0.15, 0.2) is 5.11 Å². The number of amides is 4. The summed E-state index contributed by atoms with van der Waals surface area (Å²) < 4.78 is 52.9. The number of alkyl halides is 3. The van der Waals surface area contributed by atoms with Crippen LogP contribution in [0.15, 0.2) is 72.2 Å². The van der Waals surface area contributed by atoms with Gasteiger partial charge in [0.1, 0.15) is 24.2 Å². The summed E-state index contributed by atoms with van der Waals surface area (Å²) in [5.41, 5.74) is 2.83. The van der Waals surface area contributed by atoms with Crippen molar-refractivity contribution in [2.75, 3.05) is 62.4 Å². The Morgan fingerprint density at radius 1 is 0.986 bits per heavy atom. The standard InChI is InChI=1S/C53H63F3N8O7S2/c1-33-45(73-32-59-33)37-10-8-34(9-11-37)29-58-47(67)43-27-41(65)30-62(43)48(68)46(51(2,3)4)60-44(66)31-71-24-7-23-70-25-22-61-20-18-36(19-21-61)35-12-15-39(16-13-35)64-50(72)63(49(69)52(64,5)6)40-17-14-38(28-57)42(26-40)53(54,55)56/h8-17,26,32,36,41,43,46,65H,7,18-25,27,29-31H2,1-6H3,(H,58,67)(H,60,66)/t41-,43+,46-/m1/s1. The number of rotatable bonds is 18. The summed E-state index contributed by atoms with van der Waals surface area (Å²) in [4.78, 5) is 66.0. The number of aryl methyl sites for hydroxylation is 1. The Morgan fingerprint density at radius 2 is 1.66 bits per heavy atom. The first kappa shape index (κ1) is 54.9. The van der Waals surface area contributed by atoms with Crippen molar-refractivity contribution in [1.29, 1.82) is 5.26 Å². The van der Waals surface area contributed by atoms with Crippen LogP contribution in [0.1, 0.15) is 94.2 Å². The van der Waals surface area contributed by atoms with Crippen LogP contribution in [0.25, 0.3) is 10.4 Å². The molecule has 15 nitrogen and oxygen atoms in total. The van der Waals surface area contributed by atoms with Crippen LogP contribution in [0.3, 0.4) is 0 Å². The zero-order valence-corrected chi connectivity index (χ0v) is 43.6. The number of aliphatic hydroxyl groups is 1. The number of benzene rings is 3. The van der Waals surface area contributed by atoms with E-state index in [0.29, 0.717) is 31.2 Å². The van der Waals surface area contributed by atoms with Crippen LogP contribution >= 0.6 is 23.6 Å². The number of aromatic nitrogens is 1. The van der Waals surface area contributed by atoms with Crippen LogP contribution < -0.4 is 20.4 Å². The molecule has 20 heteroatoms. The third-order valence-electron chi connectivity index (χ3n) is 13.6. The Hall–Kier alpha value is -5.82. The van der Waals surface area contributed by atoms with Crippen LogP contribution in [-0.4, -0.2) is 125 Å². The minimum atomic E-state index is -4.79. The minimum absolute atomic E-state index is 0.0256. The van der Waals surface area contributed by atoms with Gasteiger partial charge in [-0.1, -0.05) is 57.2 Å². The summed E-state index contributed by atoms with van der Waals surface area (Å²) in [6.45, 7) is 14.5. The minimum Gasteiger partial charge on any atom is -0.391 e. The number of aliphatic hydroxyl groups excluding tert-OH is 1. The SMILES string of the molecule is Cc1ncsc1-c1ccc(CNC(=O)[C@@H]2C[C@@H](O)CN2C(=O)[C@@H](NC(=O)COCCCOCCN2CCC(c3ccc(N4C(=S)N(c5ccc(C#N)c(C(F)(F)F)c5)C(=O)C4(C)C)cc3)CC2)C(C)(C)C)cc1. The molecule has 0 saturated carbocycles. The van der Waals surface area contributed by atoms with E-state index in [4.69, 9.17) is 21.7 Å². The van der Waals surface area contributed by atoms with Gasteiger partial charge < -0.3 is 39.9 Å². The number of nitrogens with zero attached hydrogens (tertiary/aromatic N) is 6. The molecule has 4 amide bonds. The zero-order chi connectivity index (χ0) is 52.8. The second-order valence-electron chi connectivity index (χ2n) is 20.3. The van der Waals surface area contributed by atoms with Gasteiger partial charge in [-0.3, -0.25) is 24.1 Å². The molecule has 0 spiro atoms. The van der Waals surface area contributed by atoms with Crippen LogP contribution in [0, 0.1) is 23.7 Å². The first-order chi connectivity index (χ1) is 34.6. The first-order valence-electron chi connectivity index (χ1n) is 24.4. The van der Waals surface area contributed by atoms with Crippen LogP contribution in [0.2, 0.25) is 0 Å². The van der Waals surface area contributed by atoms with Crippen molar-refractivity contribution in [1.82, 2.24) is 25.4 Å². The van der Waals surface area contributed by atoms with Gasteiger partial charge in [0.05, 0.1) is 51.7 Å². The molecule has 0 bridgehead atoms. The number of β-amino-alcohol motifs (C(OH)–C–C–N with tert-alkyl or cyclic N) is 1. The number of nitriles is 1. The molecule has 73 heavy (non-hydrogen) atoms. The molecule has 3 fully saturated rings. The Labute approximate surface area is 433 Å². The van der Waals surface area contributed by atoms with Crippen molar-refractivity contribution in [2.24, 2.45) is 5.41 Å². The number of likely N-dealkylation sites (tertiary alicyclic amines) is 2. The Morgan fingerprint density at radius 3 is 2.29 bits per heavy atom. The van der Waals surface area contributed by atoms with Gasteiger partial charge in [-0.15, -0.1) is 11.3 Å². The monoisotopic (exact) mass is 1040 g/mol. The quantitative estimate of drug-likeness (QED) is 0.0668. The molecule has 3 aliphatic heterocycles. The molecule has 3 atom stereocenters. The molecular weight excluding hydrogens is 982 g/mol. The number of hydrogen-bond acceptors (Lipinski definition) is 12. The molecular formula is C53H63F3N8O7S2. The summed E-state index contributed by atoms with van der Waals surface area (Å²) in [5.74, 6) is -1.47. The third-order valence-corrected chi connectivity index (χ3v) is 15.0. The number of thiocarbonyl (C=S) groups is 1. The first-order valence-corrected chi connectivity index (χ1v) is 25.7. The summed E-state index contributed by atoms with van der Waals surface area (Å²) >= 11 is 7.27. The van der Waals surface area contributed by atoms with Crippen LogP contribution in [0.5, 0.6) is 0 Å². The zero-order valence-electron chi connectivity index (χ0n) is 42.0. The van der Waals surface area contributed by atoms with Crippen molar-refractivity contribution in [2.45, 2.75) is 110 Å². The number of nitrogens with one attached hydrogen (secondary N) is 2. The Balaban J connectivity index is 0.793. The van der Waals surface area contributed by atoms with E-state index in [9.17, 15) is 42.7 Å². The van der Waals surface area contributed by atoms with Gasteiger partial charge >= 0.3 is 6.18 Å². The van der Waals surface area contributed by atoms with Gasteiger partial charge in [0.2, 0.25) is 17.7 Å². The predicted octanol–water partition coefficient (Wildman–Crippen LogP) is 7.34. The lowest BCUT2D eigenvalue weighted by Gasteiger charge is -2.35. The molecule has 0 aliphatic carbocycles. The van der Waals surface area contributed by atoms with E-state index in [-0.39, 0.29) is 49.4 Å². The van der Waals surface area contributed by atoms with Gasteiger partial charge in [0, 0.05) is 45.0 Å². The van der Waals surface area contributed by atoms with E-state index in [0.717, 1.165) is 76.8 Å². The largest absolute Gasteiger partial charge is 0.417 e. The fourth-order valence-electron chi connectivity index (χ4n) is 9.55. The highest BCUT2D eigenvalue weighted by atomic mass is 32.1. The Bertz CT molecular complexity index is 2680. The molecule has 4 heterocycles. The Kier molecular flexibility index (Phi) is 17.4. The summed E-state index contributed by atoms with van der Waals surface area (Å²) in [5, 5.41) is 25.6. The number of ether oxygens (including phenoxy) is 2. The van der Waals surface area contributed by atoms with E-state index in [1.165, 1.54) is 11.0 Å². The number of hydrogen-bond donors (Lipinski definition) is 3. The number of thiazole rings is 1. The highest BCUT2D eigenvalue weighted by Gasteiger charge is 2.51. The normalized spacial score (nSPS) is 19.1. The maximum Gasteiger partial charge on any atom is 0.417 e. The molecule has 0 radical (unpaired) electrons. The lowest BCUT2D eigenvalue weighted by Crippen LogP contribution is -2.58. The van der Waals surface area contributed by atoms with E-state index >= 15 is 0 Å². The summed E-state index contributed by atoms with van der Waals surface area (Å²) in [6, 6.07) is 18.5. The number of piperidine rings is 1. The fourth-order valence-corrected chi connectivity index (χ4v) is 10.9. The van der Waals surface area contributed by atoms with E-state index < -0.39 is 64.2 Å².